The van der Waals surface area contributed by atoms with Crippen LogP contribution in [0.2, 0.25) is 0 Å². The molecule has 1 heteroatoms. The van der Waals surface area contributed by atoms with Crippen LogP contribution < -0.4 is 5.32 Å². The lowest BCUT2D eigenvalue weighted by atomic mass is 9.75. The van der Waals surface area contributed by atoms with Crippen molar-refractivity contribution >= 4 is 0 Å². The minimum absolute atomic E-state index is 0.864. The second-order valence-electron chi connectivity index (χ2n) is 5.47. The van der Waals surface area contributed by atoms with Gasteiger partial charge in [0.2, 0.25) is 0 Å². The van der Waals surface area contributed by atoms with Crippen LogP contribution in [0.3, 0.4) is 0 Å². The molecule has 0 amide bonds. The third-order valence-electron chi connectivity index (χ3n) is 4.41. The smallest absolute Gasteiger partial charge is 0.0124 e. The Morgan fingerprint density at radius 2 is 2.07 bits per heavy atom. The first-order valence-corrected chi connectivity index (χ1v) is 6.54. The van der Waals surface area contributed by atoms with Crippen LogP contribution in [0.15, 0.2) is 0 Å². The third-order valence-corrected chi connectivity index (χ3v) is 4.41. The molecule has 2 fully saturated rings. The molecule has 1 nitrogen and oxygen atoms in total. The average Bonchev–Trinajstić information content (AvgIpc) is 2.65. The van der Waals surface area contributed by atoms with Gasteiger partial charge in [-0.05, 0) is 43.6 Å². The summed E-state index contributed by atoms with van der Waals surface area (Å²) in [6, 6.07) is 0.864. The van der Waals surface area contributed by atoms with Gasteiger partial charge in [-0.25, -0.2) is 0 Å². The molecule has 0 radical (unpaired) electrons. The molecule has 0 aromatic carbocycles. The molecule has 82 valence electrons. The predicted molar refractivity (Wildman–Crippen MR) is 61.3 cm³/mol. The molecule has 1 saturated heterocycles. The van der Waals surface area contributed by atoms with Crippen LogP contribution in [0.5, 0.6) is 0 Å². The molecule has 1 aliphatic carbocycles. The first-order valence-electron chi connectivity index (χ1n) is 6.54. The summed E-state index contributed by atoms with van der Waals surface area (Å²) in [4.78, 5) is 0. The maximum atomic E-state index is 3.75. The molecule has 1 N–H and O–H groups in total. The average molecular weight is 195 g/mol. The minimum atomic E-state index is 0.864. The van der Waals surface area contributed by atoms with Gasteiger partial charge in [-0.2, -0.15) is 0 Å². The van der Waals surface area contributed by atoms with Crippen LogP contribution in [0.4, 0.5) is 0 Å². The van der Waals surface area contributed by atoms with E-state index in [1.807, 2.05) is 0 Å². The summed E-state index contributed by atoms with van der Waals surface area (Å²) >= 11 is 0. The van der Waals surface area contributed by atoms with E-state index in [9.17, 15) is 0 Å². The highest BCUT2D eigenvalue weighted by molar-refractivity contribution is 4.90. The van der Waals surface area contributed by atoms with E-state index in [1.165, 1.54) is 45.1 Å². The number of nitrogens with one attached hydrogen (secondary N) is 1. The van der Waals surface area contributed by atoms with Crippen molar-refractivity contribution < 1.29 is 0 Å². The molecule has 0 aromatic rings. The molecule has 4 unspecified atom stereocenters. The highest BCUT2D eigenvalue weighted by Crippen LogP contribution is 2.36. The van der Waals surface area contributed by atoms with Crippen LogP contribution in [-0.4, -0.2) is 12.6 Å². The molecule has 1 heterocycles. The topological polar surface area (TPSA) is 12.0 Å². The third kappa shape index (κ3) is 2.13. The highest BCUT2D eigenvalue weighted by Gasteiger charge is 2.34. The Balaban J connectivity index is 1.92. The predicted octanol–water partition coefficient (Wildman–Crippen LogP) is 3.20. The van der Waals surface area contributed by atoms with Crippen molar-refractivity contribution in [2.24, 2.45) is 17.8 Å². The largest absolute Gasteiger partial charge is 0.313 e. The van der Waals surface area contributed by atoms with Crippen LogP contribution in [0, 0.1) is 17.8 Å². The van der Waals surface area contributed by atoms with Crippen molar-refractivity contribution in [3.05, 3.63) is 0 Å². The second-order valence-corrected chi connectivity index (χ2v) is 5.47. The van der Waals surface area contributed by atoms with E-state index in [0.717, 1.165) is 23.8 Å². The summed E-state index contributed by atoms with van der Waals surface area (Å²) < 4.78 is 0. The molecule has 0 bridgehead atoms. The van der Waals surface area contributed by atoms with Crippen molar-refractivity contribution in [2.75, 3.05) is 6.54 Å². The first kappa shape index (κ1) is 10.5. The Kier molecular flexibility index (Phi) is 3.48. The molecular weight excluding hydrogens is 170 g/mol. The minimum Gasteiger partial charge on any atom is -0.313 e. The van der Waals surface area contributed by atoms with Gasteiger partial charge < -0.3 is 5.32 Å². The van der Waals surface area contributed by atoms with Crippen LogP contribution in [0.1, 0.15) is 52.4 Å². The van der Waals surface area contributed by atoms with Crippen molar-refractivity contribution in [1.29, 1.82) is 0 Å². The fraction of sp³-hybridized carbons (Fsp3) is 1.00. The van der Waals surface area contributed by atoms with Crippen molar-refractivity contribution in [3.63, 3.8) is 0 Å². The van der Waals surface area contributed by atoms with E-state index in [4.69, 9.17) is 0 Å². The first-order chi connectivity index (χ1) is 6.81. The lowest BCUT2D eigenvalue weighted by Crippen LogP contribution is -2.37. The fourth-order valence-electron chi connectivity index (χ4n) is 3.60. The van der Waals surface area contributed by atoms with E-state index in [-0.39, 0.29) is 0 Å². The maximum absolute atomic E-state index is 3.75. The zero-order chi connectivity index (χ0) is 9.97. The number of hydrogen-bond donors (Lipinski definition) is 1. The molecule has 1 aliphatic heterocycles. The Morgan fingerprint density at radius 3 is 2.79 bits per heavy atom. The summed E-state index contributed by atoms with van der Waals surface area (Å²) in [6.07, 6.45) is 8.71. The monoisotopic (exact) mass is 195 g/mol. The maximum Gasteiger partial charge on any atom is 0.0124 e. The summed E-state index contributed by atoms with van der Waals surface area (Å²) in [5, 5.41) is 3.75. The van der Waals surface area contributed by atoms with E-state index < -0.39 is 0 Å². The standard InChI is InChI=1S/C13H25N/c1-3-11-7-8-14-13(11)12-6-4-5-10(2)9-12/h10-14H,3-9H2,1-2H3. The SMILES string of the molecule is CCC1CCNC1C1CCCC(C)C1. The van der Waals surface area contributed by atoms with E-state index in [2.05, 4.69) is 19.2 Å². The van der Waals surface area contributed by atoms with E-state index >= 15 is 0 Å². The van der Waals surface area contributed by atoms with Gasteiger partial charge in [0.05, 0.1) is 0 Å². The van der Waals surface area contributed by atoms with Crippen LogP contribution >= 0.6 is 0 Å². The Morgan fingerprint density at radius 1 is 1.21 bits per heavy atom. The van der Waals surface area contributed by atoms with Gasteiger partial charge in [0.1, 0.15) is 0 Å². The summed E-state index contributed by atoms with van der Waals surface area (Å²) in [5.41, 5.74) is 0. The van der Waals surface area contributed by atoms with Gasteiger partial charge in [-0.1, -0.05) is 33.1 Å². The molecule has 1 saturated carbocycles. The van der Waals surface area contributed by atoms with Gasteiger partial charge >= 0.3 is 0 Å². The molecule has 0 spiro atoms. The molecule has 2 aliphatic rings. The summed E-state index contributed by atoms with van der Waals surface area (Å²) in [5.74, 6) is 2.95. The van der Waals surface area contributed by atoms with Crippen molar-refractivity contribution in [1.82, 2.24) is 5.32 Å². The second kappa shape index (κ2) is 4.65. The van der Waals surface area contributed by atoms with Crippen molar-refractivity contribution in [2.45, 2.75) is 58.4 Å². The van der Waals surface area contributed by atoms with Gasteiger partial charge in [-0.3, -0.25) is 0 Å². The Hall–Kier alpha value is -0.0400. The van der Waals surface area contributed by atoms with E-state index in [0.29, 0.717) is 0 Å². The van der Waals surface area contributed by atoms with Crippen LogP contribution in [-0.2, 0) is 0 Å². The lowest BCUT2D eigenvalue weighted by molar-refractivity contribution is 0.203. The zero-order valence-electron chi connectivity index (χ0n) is 9.76. The Bertz CT molecular complexity index is 178. The summed E-state index contributed by atoms with van der Waals surface area (Å²) in [7, 11) is 0. The lowest BCUT2D eigenvalue weighted by Gasteiger charge is -2.34. The van der Waals surface area contributed by atoms with Gasteiger partial charge in [0.15, 0.2) is 0 Å². The normalized spacial score (nSPS) is 44.1. The van der Waals surface area contributed by atoms with Gasteiger partial charge in [-0.15, -0.1) is 0 Å². The zero-order valence-corrected chi connectivity index (χ0v) is 9.76. The van der Waals surface area contributed by atoms with Crippen LogP contribution in [0.25, 0.3) is 0 Å². The quantitative estimate of drug-likeness (QED) is 0.713. The molecule has 0 aromatic heterocycles. The molecular formula is C13H25N. The van der Waals surface area contributed by atoms with Gasteiger partial charge in [0.25, 0.3) is 0 Å². The fourth-order valence-corrected chi connectivity index (χ4v) is 3.60. The Labute approximate surface area is 88.7 Å². The van der Waals surface area contributed by atoms with Crippen molar-refractivity contribution in [3.8, 4) is 0 Å². The number of rotatable bonds is 2. The molecule has 2 rings (SSSR count). The highest BCUT2D eigenvalue weighted by atomic mass is 15.0. The van der Waals surface area contributed by atoms with E-state index in [1.54, 1.807) is 0 Å². The molecule has 14 heavy (non-hydrogen) atoms. The number of hydrogen-bond acceptors (Lipinski definition) is 1. The summed E-state index contributed by atoms with van der Waals surface area (Å²) in [6.45, 7) is 6.06. The van der Waals surface area contributed by atoms with Gasteiger partial charge in [0, 0.05) is 6.04 Å². The molecule has 4 atom stereocenters.